The average Bonchev–Trinajstić information content (AvgIpc) is 2.27. The Kier molecular flexibility index (Phi) is 4.84. The van der Waals surface area contributed by atoms with Crippen LogP contribution in [-0.2, 0) is 4.79 Å². The van der Waals surface area contributed by atoms with E-state index in [1.165, 1.54) is 0 Å². The number of amides is 1. The summed E-state index contributed by atoms with van der Waals surface area (Å²) in [6.07, 6.45) is 1.76. The maximum absolute atomic E-state index is 11.9. The summed E-state index contributed by atoms with van der Waals surface area (Å²) in [6.45, 7) is 9.78. The van der Waals surface area contributed by atoms with Crippen LogP contribution >= 0.6 is 0 Å². The summed E-state index contributed by atoms with van der Waals surface area (Å²) in [7, 11) is 0. The molecule has 2 N–H and O–H groups in total. The standard InChI is InChI=1S/C14H23N3O/c1-10(12-8-6-7-9-15-12)16-11(2)13(18)17-14(3,4)5/h6-11,16H,1-5H3,(H,17,18)/t10-,11?/m1/s1. The molecule has 1 rings (SSSR count). The molecule has 0 aliphatic heterocycles. The van der Waals surface area contributed by atoms with E-state index in [4.69, 9.17) is 0 Å². The highest BCUT2D eigenvalue weighted by molar-refractivity contribution is 5.81. The van der Waals surface area contributed by atoms with Crippen LogP contribution < -0.4 is 10.6 Å². The van der Waals surface area contributed by atoms with Crippen LogP contribution in [0, 0.1) is 0 Å². The Morgan fingerprint density at radius 1 is 1.28 bits per heavy atom. The molecule has 0 saturated heterocycles. The van der Waals surface area contributed by atoms with Crippen LogP contribution in [0.5, 0.6) is 0 Å². The Morgan fingerprint density at radius 2 is 1.94 bits per heavy atom. The highest BCUT2D eigenvalue weighted by Gasteiger charge is 2.20. The van der Waals surface area contributed by atoms with Gasteiger partial charge in [0.25, 0.3) is 0 Å². The summed E-state index contributed by atoms with van der Waals surface area (Å²) >= 11 is 0. The van der Waals surface area contributed by atoms with Crippen LogP contribution in [-0.4, -0.2) is 22.5 Å². The first-order valence-electron chi connectivity index (χ1n) is 6.28. The largest absolute Gasteiger partial charge is 0.350 e. The quantitative estimate of drug-likeness (QED) is 0.858. The van der Waals surface area contributed by atoms with Crippen molar-refractivity contribution in [3.63, 3.8) is 0 Å². The lowest BCUT2D eigenvalue weighted by Gasteiger charge is -2.25. The van der Waals surface area contributed by atoms with Crippen LogP contribution in [0.15, 0.2) is 24.4 Å². The molecule has 1 heterocycles. The first kappa shape index (κ1) is 14.6. The van der Waals surface area contributed by atoms with Gasteiger partial charge in [0, 0.05) is 17.8 Å². The van der Waals surface area contributed by atoms with E-state index < -0.39 is 0 Å². The van der Waals surface area contributed by atoms with E-state index in [-0.39, 0.29) is 23.5 Å². The lowest BCUT2D eigenvalue weighted by molar-refractivity contribution is -0.124. The van der Waals surface area contributed by atoms with Crippen molar-refractivity contribution < 1.29 is 4.79 Å². The van der Waals surface area contributed by atoms with Gasteiger partial charge in [-0.25, -0.2) is 0 Å². The van der Waals surface area contributed by atoms with Crippen LogP contribution in [0.3, 0.4) is 0 Å². The summed E-state index contributed by atoms with van der Waals surface area (Å²) < 4.78 is 0. The smallest absolute Gasteiger partial charge is 0.237 e. The fourth-order valence-electron chi connectivity index (χ4n) is 1.65. The van der Waals surface area contributed by atoms with Crippen molar-refractivity contribution in [2.45, 2.75) is 52.2 Å². The second kappa shape index (κ2) is 5.96. The molecule has 0 aromatic carbocycles. The number of aromatic nitrogens is 1. The molecular weight excluding hydrogens is 226 g/mol. The zero-order chi connectivity index (χ0) is 13.8. The van der Waals surface area contributed by atoms with Gasteiger partial charge < -0.3 is 5.32 Å². The zero-order valence-electron chi connectivity index (χ0n) is 11.8. The third-order valence-corrected chi connectivity index (χ3v) is 2.52. The fraction of sp³-hybridized carbons (Fsp3) is 0.571. The number of carbonyl (C=O) groups excluding carboxylic acids is 1. The number of hydrogen-bond donors (Lipinski definition) is 2. The van der Waals surface area contributed by atoms with Crippen molar-refractivity contribution in [3.8, 4) is 0 Å². The molecule has 18 heavy (non-hydrogen) atoms. The van der Waals surface area contributed by atoms with Gasteiger partial charge in [-0.15, -0.1) is 0 Å². The monoisotopic (exact) mass is 249 g/mol. The Hall–Kier alpha value is -1.42. The first-order valence-corrected chi connectivity index (χ1v) is 6.28. The van der Waals surface area contributed by atoms with Gasteiger partial charge in [-0.05, 0) is 46.8 Å². The van der Waals surface area contributed by atoms with Gasteiger partial charge in [0.15, 0.2) is 0 Å². The van der Waals surface area contributed by atoms with E-state index in [0.717, 1.165) is 5.69 Å². The number of nitrogens with zero attached hydrogens (tertiary/aromatic N) is 1. The summed E-state index contributed by atoms with van der Waals surface area (Å²) in [5.41, 5.74) is 0.731. The fourth-order valence-corrected chi connectivity index (χ4v) is 1.65. The van der Waals surface area contributed by atoms with Crippen LogP contribution in [0.2, 0.25) is 0 Å². The molecule has 2 atom stereocenters. The lowest BCUT2D eigenvalue weighted by Crippen LogP contribution is -2.50. The minimum atomic E-state index is -0.249. The molecule has 1 aromatic rings. The predicted octanol–water partition coefficient (Wildman–Crippen LogP) is 2.04. The summed E-state index contributed by atoms with van der Waals surface area (Å²) in [4.78, 5) is 16.2. The summed E-state index contributed by atoms with van der Waals surface area (Å²) in [5, 5.41) is 6.20. The normalized spacial score (nSPS) is 14.9. The SMILES string of the molecule is CC(N[C@H](C)c1ccccn1)C(=O)NC(C)(C)C. The van der Waals surface area contributed by atoms with Crippen LogP contribution in [0.1, 0.15) is 46.4 Å². The van der Waals surface area contributed by atoms with E-state index in [9.17, 15) is 4.79 Å². The topological polar surface area (TPSA) is 54.0 Å². The van der Waals surface area contributed by atoms with Gasteiger partial charge in [-0.2, -0.15) is 0 Å². The maximum Gasteiger partial charge on any atom is 0.237 e. The number of carbonyl (C=O) groups is 1. The molecule has 0 saturated carbocycles. The highest BCUT2D eigenvalue weighted by atomic mass is 16.2. The van der Waals surface area contributed by atoms with E-state index >= 15 is 0 Å². The van der Waals surface area contributed by atoms with E-state index in [1.54, 1.807) is 6.20 Å². The maximum atomic E-state index is 11.9. The zero-order valence-corrected chi connectivity index (χ0v) is 11.8. The van der Waals surface area contributed by atoms with Crippen molar-refractivity contribution in [3.05, 3.63) is 30.1 Å². The molecule has 4 nitrogen and oxygen atoms in total. The molecule has 1 unspecified atom stereocenters. The molecule has 0 aliphatic carbocycles. The van der Waals surface area contributed by atoms with Gasteiger partial charge in [0.1, 0.15) is 0 Å². The van der Waals surface area contributed by atoms with Gasteiger partial charge in [0.05, 0.1) is 11.7 Å². The molecule has 0 bridgehead atoms. The molecule has 100 valence electrons. The van der Waals surface area contributed by atoms with E-state index in [1.807, 2.05) is 52.8 Å². The highest BCUT2D eigenvalue weighted by Crippen LogP contribution is 2.09. The molecule has 0 spiro atoms. The van der Waals surface area contributed by atoms with Crippen molar-refractivity contribution in [2.75, 3.05) is 0 Å². The Labute approximate surface area is 109 Å². The van der Waals surface area contributed by atoms with Gasteiger partial charge in [-0.1, -0.05) is 6.07 Å². The number of rotatable bonds is 4. The third kappa shape index (κ3) is 4.84. The van der Waals surface area contributed by atoms with Crippen molar-refractivity contribution in [1.29, 1.82) is 0 Å². The van der Waals surface area contributed by atoms with Crippen molar-refractivity contribution >= 4 is 5.91 Å². The van der Waals surface area contributed by atoms with Gasteiger partial charge in [0.2, 0.25) is 5.91 Å². The molecule has 1 aromatic heterocycles. The van der Waals surface area contributed by atoms with Crippen molar-refractivity contribution in [1.82, 2.24) is 15.6 Å². The second-order valence-corrected chi connectivity index (χ2v) is 5.60. The first-order chi connectivity index (χ1) is 8.29. The number of pyridine rings is 1. The Balaban J connectivity index is 2.55. The van der Waals surface area contributed by atoms with Gasteiger partial charge in [-0.3, -0.25) is 15.1 Å². The number of hydrogen-bond acceptors (Lipinski definition) is 3. The van der Waals surface area contributed by atoms with E-state index in [2.05, 4.69) is 15.6 Å². The predicted molar refractivity (Wildman–Crippen MR) is 73.1 cm³/mol. The molecule has 0 aliphatic rings. The molecule has 0 fully saturated rings. The Morgan fingerprint density at radius 3 is 2.44 bits per heavy atom. The minimum Gasteiger partial charge on any atom is -0.350 e. The number of nitrogens with one attached hydrogen (secondary N) is 2. The van der Waals surface area contributed by atoms with Crippen LogP contribution in [0.4, 0.5) is 0 Å². The summed E-state index contributed by atoms with van der Waals surface area (Å²) in [5.74, 6) is 0.00489. The molecular formula is C14H23N3O. The molecule has 0 radical (unpaired) electrons. The van der Waals surface area contributed by atoms with E-state index in [0.29, 0.717) is 0 Å². The second-order valence-electron chi connectivity index (χ2n) is 5.60. The average molecular weight is 249 g/mol. The summed E-state index contributed by atoms with van der Waals surface area (Å²) in [6, 6.07) is 5.58. The molecule has 1 amide bonds. The lowest BCUT2D eigenvalue weighted by atomic mass is 10.1. The minimum absolute atomic E-state index is 0.00489. The van der Waals surface area contributed by atoms with Gasteiger partial charge >= 0.3 is 0 Å². The van der Waals surface area contributed by atoms with Crippen LogP contribution in [0.25, 0.3) is 0 Å². The van der Waals surface area contributed by atoms with Crippen molar-refractivity contribution in [2.24, 2.45) is 0 Å². The Bertz CT molecular complexity index is 384. The molecule has 4 heteroatoms. The third-order valence-electron chi connectivity index (χ3n) is 2.52.